The van der Waals surface area contributed by atoms with Crippen molar-refractivity contribution in [2.75, 3.05) is 26.4 Å². The van der Waals surface area contributed by atoms with Crippen LogP contribution >= 0.6 is 0 Å². The van der Waals surface area contributed by atoms with Crippen molar-refractivity contribution in [1.29, 1.82) is 0 Å². The molecule has 3 aliphatic rings. The van der Waals surface area contributed by atoms with Crippen LogP contribution in [-0.4, -0.2) is 215 Å². The van der Waals surface area contributed by atoms with E-state index in [1.54, 1.807) is 6.08 Å². The van der Waals surface area contributed by atoms with E-state index in [0.717, 1.165) is 51.9 Å². The summed E-state index contributed by atoms with van der Waals surface area (Å²) in [5.74, 6) is -6.14. The Morgan fingerprint density at radius 1 is 0.667 bits per heavy atom. The molecular formula is C55H100N2O21. The third kappa shape index (κ3) is 23.0. The van der Waals surface area contributed by atoms with Crippen LogP contribution < -0.4 is 10.6 Å². The number of hydrogen-bond donors (Lipinski definition) is 14. The molecule has 14 N–H and O–H groups in total. The molecule has 0 aromatic rings. The van der Waals surface area contributed by atoms with Crippen LogP contribution in [0.1, 0.15) is 181 Å². The number of rotatable bonds is 41. The minimum absolute atomic E-state index is 0.203. The van der Waals surface area contributed by atoms with Crippen LogP contribution in [-0.2, 0) is 42.8 Å². The van der Waals surface area contributed by atoms with Gasteiger partial charge in [-0.25, -0.2) is 4.79 Å². The summed E-state index contributed by atoms with van der Waals surface area (Å²) in [4.78, 5) is 38.3. The van der Waals surface area contributed by atoms with Crippen molar-refractivity contribution >= 4 is 17.8 Å². The van der Waals surface area contributed by atoms with E-state index >= 15 is 0 Å². The van der Waals surface area contributed by atoms with Crippen LogP contribution in [0.4, 0.5) is 0 Å². The van der Waals surface area contributed by atoms with Crippen LogP contribution in [0.15, 0.2) is 12.2 Å². The molecule has 3 aliphatic heterocycles. The number of aliphatic hydroxyl groups excluding tert-OH is 11. The van der Waals surface area contributed by atoms with Crippen molar-refractivity contribution in [3.63, 3.8) is 0 Å². The lowest BCUT2D eigenvalue weighted by Crippen LogP contribution is -2.70. The predicted molar refractivity (Wildman–Crippen MR) is 283 cm³/mol. The van der Waals surface area contributed by atoms with Crippen LogP contribution in [0, 0.1) is 0 Å². The van der Waals surface area contributed by atoms with Gasteiger partial charge in [-0.3, -0.25) is 9.59 Å². The molecule has 0 radical (unpaired) electrons. The van der Waals surface area contributed by atoms with E-state index in [9.17, 15) is 75.7 Å². The first-order valence-corrected chi connectivity index (χ1v) is 29.1. The van der Waals surface area contributed by atoms with E-state index in [1.807, 2.05) is 6.08 Å². The van der Waals surface area contributed by atoms with Crippen LogP contribution in [0.5, 0.6) is 0 Å². The summed E-state index contributed by atoms with van der Waals surface area (Å²) in [7, 11) is 0. The number of carboxylic acid groups (broad SMARTS) is 1. The summed E-state index contributed by atoms with van der Waals surface area (Å²) in [6, 6.07) is -2.61. The zero-order valence-corrected chi connectivity index (χ0v) is 46.5. The lowest BCUT2D eigenvalue weighted by Gasteiger charge is -2.50. The molecule has 3 fully saturated rings. The van der Waals surface area contributed by atoms with Gasteiger partial charge in [-0.15, -0.1) is 0 Å². The van der Waals surface area contributed by atoms with E-state index in [4.69, 9.17) is 28.4 Å². The maximum absolute atomic E-state index is 13.3. The molecule has 0 aromatic carbocycles. The second-order valence-electron chi connectivity index (χ2n) is 21.5. The highest BCUT2D eigenvalue weighted by Gasteiger charge is 2.60. The average molecular weight is 1130 g/mol. The summed E-state index contributed by atoms with van der Waals surface area (Å²) in [5.41, 5.74) is 0. The Kier molecular flexibility index (Phi) is 34.2. The van der Waals surface area contributed by atoms with Gasteiger partial charge < -0.3 is 100 Å². The Labute approximate surface area is 461 Å². The summed E-state index contributed by atoms with van der Waals surface area (Å²) >= 11 is 0. The fourth-order valence-corrected chi connectivity index (χ4v) is 10.2. The third-order valence-corrected chi connectivity index (χ3v) is 15.0. The van der Waals surface area contributed by atoms with Crippen LogP contribution in [0.2, 0.25) is 0 Å². The first-order chi connectivity index (χ1) is 37.4. The zero-order valence-electron chi connectivity index (χ0n) is 46.5. The van der Waals surface area contributed by atoms with Gasteiger partial charge in [0.05, 0.1) is 50.7 Å². The number of carboxylic acids is 1. The molecule has 0 aliphatic carbocycles. The molecule has 3 heterocycles. The molecule has 18 unspecified atom stereocenters. The van der Waals surface area contributed by atoms with Crippen LogP contribution in [0.3, 0.4) is 0 Å². The number of aliphatic hydroxyl groups is 11. The van der Waals surface area contributed by atoms with Gasteiger partial charge in [-0.1, -0.05) is 154 Å². The molecule has 0 bridgehead atoms. The molecule has 18 atom stereocenters. The van der Waals surface area contributed by atoms with Crippen molar-refractivity contribution in [2.24, 2.45) is 0 Å². The van der Waals surface area contributed by atoms with Crippen molar-refractivity contribution in [1.82, 2.24) is 10.6 Å². The summed E-state index contributed by atoms with van der Waals surface area (Å²) < 4.78 is 34.6. The smallest absolute Gasteiger partial charge is 0.364 e. The van der Waals surface area contributed by atoms with Gasteiger partial charge in [-0.2, -0.15) is 0 Å². The molecule has 2 amide bonds. The molecule has 78 heavy (non-hydrogen) atoms. The van der Waals surface area contributed by atoms with E-state index in [0.29, 0.717) is 12.8 Å². The lowest BCUT2D eigenvalue weighted by molar-refractivity contribution is -0.386. The van der Waals surface area contributed by atoms with Crippen molar-refractivity contribution in [3.8, 4) is 0 Å². The predicted octanol–water partition coefficient (Wildman–Crippen LogP) is 1.61. The minimum Gasteiger partial charge on any atom is -0.477 e. The van der Waals surface area contributed by atoms with Gasteiger partial charge in [0.1, 0.15) is 67.1 Å². The molecule has 23 heteroatoms. The van der Waals surface area contributed by atoms with Crippen LogP contribution in [0.25, 0.3) is 0 Å². The number of amides is 2. The molecule has 0 saturated carbocycles. The molecule has 3 rings (SSSR count). The van der Waals surface area contributed by atoms with Gasteiger partial charge in [-0.05, 0) is 19.3 Å². The second kappa shape index (κ2) is 38.3. The SMILES string of the molecule is CCCCCCCCCC/C=C/C(O)C(COC1OC(CO)C(OC2OC(CO)C(O)C(OC3(C(=O)O)CC(O)C(NC(C)=O)C(C(O)C(O)CO)O3)C2O)C(O)C1O)NC(=O)CCCCCCCCCCCCCCCC. The third-order valence-electron chi connectivity index (χ3n) is 15.0. The summed E-state index contributed by atoms with van der Waals surface area (Å²) in [6.07, 6.45) is 0.185. The molecule has 3 saturated heterocycles. The molecular weight excluding hydrogens is 1020 g/mol. The number of carbonyl (C=O) groups excluding carboxylic acids is 2. The second-order valence-corrected chi connectivity index (χ2v) is 21.5. The number of hydrogen-bond acceptors (Lipinski definition) is 20. The molecule has 0 spiro atoms. The number of unbranched alkanes of at least 4 members (excludes halogenated alkanes) is 21. The molecule has 0 aromatic heterocycles. The number of aliphatic carboxylic acids is 1. The highest BCUT2D eigenvalue weighted by atomic mass is 16.8. The number of nitrogens with one attached hydrogen (secondary N) is 2. The van der Waals surface area contributed by atoms with E-state index < -0.39 is 155 Å². The largest absolute Gasteiger partial charge is 0.477 e. The summed E-state index contributed by atoms with van der Waals surface area (Å²) in [5, 5.41) is 135. The van der Waals surface area contributed by atoms with Crippen molar-refractivity contribution in [2.45, 2.75) is 291 Å². The fourth-order valence-electron chi connectivity index (χ4n) is 10.2. The molecule has 456 valence electrons. The van der Waals surface area contributed by atoms with Gasteiger partial charge >= 0.3 is 5.97 Å². The topological polar surface area (TPSA) is 373 Å². The standard InChI is InChI=1S/C55H100N2O21/c1-4-6-8-10-12-14-16-17-18-19-21-23-25-27-29-42(65)57-36(37(62)28-26-24-22-20-15-13-11-9-7-5-2)34-73-52-47(69)46(68)49(41(33-60)75-52)76-53-48(70)51(45(67)40(32-59)74-53)78-55(54(71)72)30-38(63)43(56-35(3)61)50(77-55)44(66)39(64)31-58/h26,28,36-41,43-53,58-60,62-64,66-70H,4-25,27,29-34H2,1-3H3,(H,56,61)(H,57,65)(H,71,72)/b28-26+. The first kappa shape index (κ1) is 69.7. The highest BCUT2D eigenvalue weighted by molar-refractivity contribution is 5.77. The number of carbonyl (C=O) groups is 3. The van der Waals surface area contributed by atoms with Gasteiger partial charge in [0.25, 0.3) is 5.79 Å². The Morgan fingerprint density at radius 2 is 1.19 bits per heavy atom. The maximum atomic E-state index is 13.3. The Bertz CT molecular complexity index is 1670. The fraction of sp³-hybridized carbons (Fsp3) is 0.909. The first-order valence-electron chi connectivity index (χ1n) is 29.1. The number of ether oxygens (including phenoxy) is 6. The zero-order chi connectivity index (χ0) is 57.6. The Balaban J connectivity index is 1.69. The minimum atomic E-state index is -3.08. The average Bonchev–Trinajstić information content (AvgIpc) is 3.42. The Hall–Kier alpha value is -2.53. The quantitative estimate of drug-likeness (QED) is 0.0305. The number of allylic oxidation sites excluding steroid dienone is 1. The molecule has 23 nitrogen and oxygen atoms in total. The van der Waals surface area contributed by atoms with Crippen molar-refractivity contribution in [3.05, 3.63) is 12.2 Å². The summed E-state index contributed by atoms with van der Waals surface area (Å²) in [6.45, 7) is 2.06. The van der Waals surface area contributed by atoms with E-state index in [1.165, 1.54) is 89.9 Å². The van der Waals surface area contributed by atoms with Gasteiger partial charge in [0.15, 0.2) is 12.6 Å². The highest BCUT2D eigenvalue weighted by Crippen LogP contribution is 2.38. The van der Waals surface area contributed by atoms with Gasteiger partial charge in [0, 0.05) is 19.8 Å². The maximum Gasteiger partial charge on any atom is 0.364 e. The normalized spacial score (nSPS) is 31.2. The van der Waals surface area contributed by atoms with E-state index in [-0.39, 0.29) is 12.3 Å². The lowest BCUT2D eigenvalue weighted by atomic mass is 9.88. The van der Waals surface area contributed by atoms with Crippen molar-refractivity contribution < 1.29 is 104 Å². The monoisotopic (exact) mass is 1120 g/mol. The Morgan fingerprint density at radius 3 is 1.71 bits per heavy atom. The van der Waals surface area contributed by atoms with E-state index in [2.05, 4.69) is 24.5 Å². The van der Waals surface area contributed by atoms with Gasteiger partial charge in [0.2, 0.25) is 11.8 Å².